The van der Waals surface area contributed by atoms with Crippen molar-refractivity contribution < 1.29 is 66.9 Å². The molecule has 21 nitrogen and oxygen atoms in total. The first-order valence-electron chi connectivity index (χ1n) is 25.2. The Morgan fingerprint density at radius 3 is 1.63 bits per heavy atom. The lowest BCUT2D eigenvalue weighted by atomic mass is 9.92. The average Bonchev–Trinajstić information content (AvgIpc) is 3.59. The Morgan fingerprint density at radius 1 is 0.671 bits per heavy atom. The number of nitrogens with zero attached hydrogens (tertiary/aromatic N) is 5. The van der Waals surface area contributed by atoms with Gasteiger partial charge in [-0.05, 0) is 50.8 Å². The smallest absolute Gasteiger partial charge is 0.305 e. The molecule has 0 radical (unpaired) electrons. The van der Waals surface area contributed by atoms with Gasteiger partial charge in [-0.3, -0.25) is 19.1 Å². The highest BCUT2D eigenvalue weighted by molar-refractivity contribution is 6.05. The number of carboxylic acid groups (broad SMARTS) is 1. The third kappa shape index (κ3) is 33.9. The average molecular weight is 1000 g/mol. The van der Waals surface area contributed by atoms with Gasteiger partial charge in [0, 0.05) is 51.1 Å². The molecule has 0 saturated carbocycles. The molecule has 1 aromatic rings. The predicted octanol–water partition coefficient (Wildman–Crippen LogP) is 3.58. The Balaban J connectivity index is 1.39. The lowest BCUT2D eigenvalue weighted by Crippen LogP contribution is -2.37. The third-order valence-electron chi connectivity index (χ3n) is 10.3. The quantitative estimate of drug-likeness (QED) is 0.0791. The van der Waals surface area contributed by atoms with Crippen LogP contribution in [0.1, 0.15) is 84.8 Å². The number of amides is 2. The van der Waals surface area contributed by atoms with Crippen LogP contribution in [0.5, 0.6) is 0 Å². The molecule has 0 saturated heterocycles. The third-order valence-corrected chi connectivity index (χ3v) is 10.3. The Morgan fingerprint density at radius 2 is 1.16 bits per heavy atom. The summed E-state index contributed by atoms with van der Waals surface area (Å²) in [6.45, 7) is 21.6. The number of hydrogen-bond donors (Lipinski definition) is 3. The zero-order valence-corrected chi connectivity index (χ0v) is 43.3. The second kappa shape index (κ2) is 40.9. The van der Waals surface area contributed by atoms with E-state index in [0.717, 1.165) is 44.5 Å². The molecule has 1 aliphatic heterocycles. The fraction of sp³-hybridized carbons (Fsp3) is 0.816. The maximum Gasteiger partial charge on any atom is 0.305 e. The number of nitrogens with one attached hydrogen (secondary N) is 1. The van der Waals surface area contributed by atoms with E-state index in [9.17, 15) is 14.4 Å². The highest BCUT2D eigenvalue weighted by Crippen LogP contribution is 2.27. The van der Waals surface area contributed by atoms with E-state index in [2.05, 4.69) is 34.3 Å². The number of rotatable bonds is 47. The van der Waals surface area contributed by atoms with Gasteiger partial charge in [-0.15, -0.1) is 0 Å². The van der Waals surface area contributed by atoms with Gasteiger partial charge in [0.15, 0.2) is 0 Å². The van der Waals surface area contributed by atoms with Crippen LogP contribution in [0.3, 0.4) is 0 Å². The predicted molar refractivity (Wildman–Crippen MR) is 266 cm³/mol. The van der Waals surface area contributed by atoms with Gasteiger partial charge < -0.3 is 73.3 Å². The first kappa shape index (κ1) is 62.5. The molecule has 0 aliphatic carbocycles. The molecule has 0 unspecified atom stereocenters. The minimum atomic E-state index is -0.879. The zero-order chi connectivity index (χ0) is 50.9. The van der Waals surface area contributed by atoms with Crippen LogP contribution in [0.2, 0.25) is 0 Å². The molecular weight excluding hydrogens is 911 g/mol. The van der Waals surface area contributed by atoms with Crippen LogP contribution >= 0.6 is 0 Å². The van der Waals surface area contributed by atoms with Crippen molar-refractivity contribution in [3.8, 4) is 0 Å². The molecule has 0 atom stereocenters. The molecule has 1 aromatic heterocycles. The van der Waals surface area contributed by atoms with Crippen LogP contribution in [-0.4, -0.2) is 220 Å². The van der Waals surface area contributed by atoms with Crippen LogP contribution < -0.4 is 11.1 Å². The SMILES string of the molecule is CCCN(CCCNC(=O)CC(C)(C)C)C(=O)C1=Cc2c(cnn2CCCCCN(C)CCOCCOCCOCCOCCOCCOCCOCCOCCOCCOCCC(=O)O)N=C(N)C1. The molecule has 0 spiro atoms. The topological polar surface area (TPSA) is 238 Å². The Labute approximate surface area is 417 Å². The molecule has 1 aliphatic rings. The van der Waals surface area contributed by atoms with E-state index >= 15 is 0 Å². The van der Waals surface area contributed by atoms with Gasteiger partial charge in [0.1, 0.15) is 11.5 Å². The van der Waals surface area contributed by atoms with Gasteiger partial charge in [0.25, 0.3) is 0 Å². The van der Waals surface area contributed by atoms with Crippen LogP contribution in [0, 0.1) is 5.41 Å². The van der Waals surface area contributed by atoms with Gasteiger partial charge in [0.2, 0.25) is 11.8 Å². The van der Waals surface area contributed by atoms with Crippen LogP contribution in [-0.2, 0) is 68.3 Å². The molecule has 2 heterocycles. The molecule has 404 valence electrons. The van der Waals surface area contributed by atoms with Gasteiger partial charge in [-0.25, -0.2) is 4.99 Å². The number of nitrogens with two attached hydrogens (primary N) is 1. The first-order valence-corrected chi connectivity index (χ1v) is 25.2. The highest BCUT2D eigenvalue weighted by Gasteiger charge is 2.23. The van der Waals surface area contributed by atoms with E-state index in [1.54, 1.807) is 6.20 Å². The molecule has 70 heavy (non-hydrogen) atoms. The van der Waals surface area contributed by atoms with Crippen molar-refractivity contribution in [3.05, 3.63) is 17.5 Å². The number of hydrogen-bond acceptors (Lipinski definition) is 17. The summed E-state index contributed by atoms with van der Waals surface area (Å²) in [5.41, 5.74) is 8.30. The Bertz CT molecular complexity index is 1580. The van der Waals surface area contributed by atoms with E-state index in [1.807, 2.05) is 36.4 Å². The maximum absolute atomic E-state index is 13.8. The lowest BCUT2D eigenvalue weighted by Gasteiger charge is -2.24. The number of fused-ring (bicyclic) bond motifs is 1. The molecule has 21 heteroatoms. The number of aryl methyl sites for hydroxylation is 1. The second-order valence-corrected chi connectivity index (χ2v) is 18.0. The van der Waals surface area contributed by atoms with Gasteiger partial charge >= 0.3 is 5.97 Å². The summed E-state index contributed by atoms with van der Waals surface area (Å²) < 4.78 is 56.8. The fourth-order valence-corrected chi connectivity index (χ4v) is 6.76. The van der Waals surface area contributed by atoms with Crippen molar-refractivity contribution in [2.24, 2.45) is 16.1 Å². The van der Waals surface area contributed by atoms with Gasteiger partial charge in [-0.1, -0.05) is 34.1 Å². The number of amidine groups is 1. The van der Waals surface area contributed by atoms with E-state index in [-0.39, 0.29) is 36.7 Å². The number of carbonyl (C=O) groups is 3. The van der Waals surface area contributed by atoms with E-state index in [1.165, 1.54) is 0 Å². The molecule has 0 aromatic carbocycles. The fourth-order valence-electron chi connectivity index (χ4n) is 6.76. The van der Waals surface area contributed by atoms with Crippen molar-refractivity contribution in [2.45, 2.75) is 85.6 Å². The summed E-state index contributed by atoms with van der Waals surface area (Å²) in [6.07, 6.45) is 8.87. The summed E-state index contributed by atoms with van der Waals surface area (Å²) in [5.74, 6) is -0.510. The van der Waals surface area contributed by atoms with Crippen molar-refractivity contribution in [3.63, 3.8) is 0 Å². The number of carboxylic acids is 1. The summed E-state index contributed by atoms with van der Waals surface area (Å²) >= 11 is 0. The van der Waals surface area contributed by atoms with Crippen molar-refractivity contribution in [2.75, 3.05) is 172 Å². The molecular formula is C49H89N7O14. The number of ether oxygens (including phenoxy) is 10. The first-order chi connectivity index (χ1) is 33.9. The molecule has 2 rings (SSSR count). The standard InChI is InChI=1S/C49H89N7O14/c1-6-13-55(15-10-12-51-46(57)40-49(2,3)4)48(60)42-38-44-43(53-45(50)39-42)41-52-56(44)16-9-7-8-14-54(5)17-19-62-21-23-64-25-27-66-29-31-68-33-35-70-37-36-69-34-32-67-30-28-65-26-24-63-22-20-61-18-11-47(58)59/h38,41H,6-37,39-40H2,1-5H3,(H2,50,53)(H,51,57)(H,58,59). The van der Waals surface area contributed by atoms with Crippen LogP contribution in [0.4, 0.5) is 5.69 Å². The van der Waals surface area contributed by atoms with Crippen molar-refractivity contribution in [1.82, 2.24) is 24.9 Å². The summed E-state index contributed by atoms with van der Waals surface area (Å²) in [7, 11) is 2.10. The zero-order valence-electron chi connectivity index (χ0n) is 43.3. The van der Waals surface area contributed by atoms with Crippen LogP contribution in [0.15, 0.2) is 16.8 Å². The molecule has 2 amide bonds. The number of aliphatic imine (C=N–C) groups is 1. The monoisotopic (exact) mass is 1000 g/mol. The number of carbonyl (C=O) groups excluding carboxylic acids is 2. The Hall–Kier alpha value is -3.61. The number of likely N-dealkylation sites (N-methyl/N-ethyl adjacent to an activating group) is 1. The molecule has 4 N–H and O–H groups in total. The summed E-state index contributed by atoms with van der Waals surface area (Å²) in [6, 6.07) is 0. The van der Waals surface area contributed by atoms with E-state index in [0.29, 0.717) is 182 Å². The van der Waals surface area contributed by atoms with Gasteiger partial charge in [0.05, 0.1) is 150 Å². The van der Waals surface area contributed by atoms with Crippen LogP contribution in [0.25, 0.3) is 6.08 Å². The summed E-state index contributed by atoms with van der Waals surface area (Å²) in [4.78, 5) is 45.1. The number of aliphatic carboxylic acids is 1. The minimum Gasteiger partial charge on any atom is -0.481 e. The summed E-state index contributed by atoms with van der Waals surface area (Å²) in [5, 5.41) is 16.1. The molecule has 0 bridgehead atoms. The highest BCUT2D eigenvalue weighted by atomic mass is 16.6. The minimum absolute atomic E-state index is 0.00903. The van der Waals surface area contributed by atoms with E-state index in [4.69, 9.17) is 58.2 Å². The molecule has 0 fully saturated rings. The van der Waals surface area contributed by atoms with E-state index < -0.39 is 5.97 Å². The number of aromatic nitrogens is 2. The van der Waals surface area contributed by atoms with Crippen molar-refractivity contribution in [1.29, 1.82) is 0 Å². The normalized spacial score (nSPS) is 12.8. The Kier molecular flexibility index (Phi) is 36.5. The lowest BCUT2D eigenvalue weighted by molar-refractivity contribution is -0.138. The van der Waals surface area contributed by atoms with Crippen molar-refractivity contribution >= 4 is 35.4 Å². The largest absolute Gasteiger partial charge is 0.481 e. The number of unbranched alkanes of at least 4 members (excludes halogenated alkanes) is 2. The maximum atomic E-state index is 13.8. The van der Waals surface area contributed by atoms with Gasteiger partial charge in [-0.2, -0.15) is 5.10 Å². The second-order valence-electron chi connectivity index (χ2n) is 18.0.